The number of imidazole rings is 1. The highest BCUT2D eigenvalue weighted by Crippen LogP contribution is 2.25. The van der Waals surface area contributed by atoms with Crippen LogP contribution in [0.2, 0.25) is 0 Å². The molecule has 1 heterocycles. The smallest absolute Gasteiger partial charge is 0.328 e. The summed E-state index contributed by atoms with van der Waals surface area (Å²) in [5.41, 5.74) is 2.86. The molecule has 19 heavy (non-hydrogen) atoms. The van der Waals surface area contributed by atoms with Crippen LogP contribution in [-0.2, 0) is 15.4 Å². The van der Waals surface area contributed by atoms with Gasteiger partial charge in [0, 0.05) is 0 Å². The lowest BCUT2D eigenvalue weighted by atomic mass is 10.2. The summed E-state index contributed by atoms with van der Waals surface area (Å²) >= 11 is 5.95. The molecule has 2 rings (SSSR count). The summed E-state index contributed by atoms with van der Waals surface area (Å²) in [6.45, 7) is 5.97. The van der Waals surface area contributed by atoms with Crippen molar-refractivity contribution < 1.29 is 9.53 Å². The molecule has 1 unspecified atom stereocenters. The standard InChI is InChI=1S/C14H17ClN2O2/c1-4-19-14(18)10(3)17-12(8-15)16-11-7-5-6-9(2)13(11)17/h5-7,10H,4,8H2,1-3H3. The molecule has 0 amide bonds. The van der Waals surface area contributed by atoms with Crippen molar-refractivity contribution in [2.45, 2.75) is 32.7 Å². The van der Waals surface area contributed by atoms with E-state index < -0.39 is 6.04 Å². The maximum Gasteiger partial charge on any atom is 0.328 e. The molecule has 0 aliphatic heterocycles. The van der Waals surface area contributed by atoms with Gasteiger partial charge in [0.25, 0.3) is 0 Å². The Morgan fingerprint density at radius 3 is 2.89 bits per heavy atom. The molecule has 0 radical (unpaired) electrons. The van der Waals surface area contributed by atoms with Crippen LogP contribution < -0.4 is 0 Å². The van der Waals surface area contributed by atoms with E-state index in [0.717, 1.165) is 16.6 Å². The van der Waals surface area contributed by atoms with Gasteiger partial charge in [-0.05, 0) is 32.4 Å². The Morgan fingerprint density at radius 2 is 2.26 bits per heavy atom. The van der Waals surface area contributed by atoms with Gasteiger partial charge in [-0.1, -0.05) is 12.1 Å². The van der Waals surface area contributed by atoms with Crippen molar-refractivity contribution in [3.05, 3.63) is 29.6 Å². The second-order valence-corrected chi connectivity index (χ2v) is 4.67. The third kappa shape index (κ3) is 2.45. The molecule has 0 bridgehead atoms. The van der Waals surface area contributed by atoms with Crippen LogP contribution in [0, 0.1) is 6.92 Å². The van der Waals surface area contributed by atoms with E-state index in [2.05, 4.69) is 4.98 Å². The van der Waals surface area contributed by atoms with Crippen LogP contribution in [0.3, 0.4) is 0 Å². The van der Waals surface area contributed by atoms with Gasteiger partial charge in [0.05, 0.1) is 23.5 Å². The molecule has 5 heteroatoms. The normalized spacial score (nSPS) is 12.6. The van der Waals surface area contributed by atoms with E-state index >= 15 is 0 Å². The zero-order valence-corrected chi connectivity index (χ0v) is 12.1. The predicted molar refractivity (Wildman–Crippen MR) is 75.4 cm³/mol. The molecule has 1 aromatic heterocycles. The monoisotopic (exact) mass is 280 g/mol. The van der Waals surface area contributed by atoms with Crippen LogP contribution in [0.15, 0.2) is 18.2 Å². The Kier molecular flexibility index (Phi) is 4.10. The number of aryl methyl sites for hydroxylation is 1. The first-order valence-electron chi connectivity index (χ1n) is 6.29. The molecule has 2 aromatic rings. The minimum atomic E-state index is -0.431. The van der Waals surface area contributed by atoms with Crippen molar-refractivity contribution in [1.82, 2.24) is 9.55 Å². The fraction of sp³-hybridized carbons (Fsp3) is 0.429. The molecule has 0 saturated carbocycles. The number of aromatic nitrogens is 2. The summed E-state index contributed by atoms with van der Waals surface area (Å²) in [5, 5.41) is 0. The van der Waals surface area contributed by atoms with Crippen molar-refractivity contribution >= 4 is 28.6 Å². The number of para-hydroxylation sites is 1. The maximum atomic E-state index is 12.0. The van der Waals surface area contributed by atoms with E-state index in [9.17, 15) is 4.79 Å². The second kappa shape index (κ2) is 5.61. The number of nitrogens with zero attached hydrogens (tertiary/aromatic N) is 2. The summed E-state index contributed by atoms with van der Waals surface area (Å²) in [6.07, 6.45) is 0. The Hall–Kier alpha value is -1.55. The first-order valence-corrected chi connectivity index (χ1v) is 6.82. The highest BCUT2D eigenvalue weighted by atomic mass is 35.5. The van der Waals surface area contributed by atoms with E-state index in [-0.39, 0.29) is 11.8 Å². The molecule has 0 aliphatic rings. The fourth-order valence-corrected chi connectivity index (χ4v) is 2.44. The lowest BCUT2D eigenvalue weighted by Crippen LogP contribution is -2.21. The number of ether oxygens (including phenoxy) is 1. The van der Waals surface area contributed by atoms with Gasteiger partial charge in [-0.3, -0.25) is 0 Å². The van der Waals surface area contributed by atoms with Gasteiger partial charge in [0.2, 0.25) is 0 Å². The number of halogens is 1. The predicted octanol–water partition coefficient (Wildman–Crippen LogP) is 3.21. The molecule has 0 aliphatic carbocycles. The Balaban J connectivity index is 2.60. The Labute approximate surface area is 117 Å². The van der Waals surface area contributed by atoms with Gasteiger partial charge in [0.1, 0.15) is 11.9 Å². The first-order chi connectivity index (χ1) is 9.10. The zero-order chi connectivity index (χ0) is 14.0. The van der Waals surface area contributed by atoms with Crippen LogP contribution >= 0.6 is 11.6 Å². The molecule has 1 atom stereocenters. The molecule has 0 saturated heterocycles. The Morgan fingerprint density at radius 1 is 1.53 bits per heavy atom. The van der Waals surface area contributed by atoms with Crippen LogP contribution in [0.1, 0.15) is 31.3 Å². The average Bonchev–Trinajstić information content (AvgIpc) is 2.78. The molecular weight excluding hydrogens is 264 g/mol. The fourth-order valence-electron chi connectivity index (χ4n) is 2.25. The van der Waals surface area contributed by atoms with Crippen LogP contribution in [0.4, 0.5) is 0 Å². The highest BCUT2D eigenvalue weighted by Gasteiger charge is 2.22. The van der Waals surface area contributed by atoms with Crippen molar-refractivity contribution in [2.24, 2.45) is 0 Å². The van der Waals surface area contributed by atoms with Crippen molar-refractivity contribution in [3.8, 4) is 0 Å². The summed E-state index contributed by atoms with van der Waals surface area (Å²) in [4.78, 5) is 16.4. The molecule has 1 aromatic carbocycles. The van der Waals surface area contributed by atoms with Crippen LogP contribution in [-0.4, -0.2) is 22.1 Å². The topological polar surface area (TPSA) is 44.1 Å². The number of rotatable bonds is 4. The summed E-state index contributed by atoms with van der Waals surface area (Å²) in [7, 11) is 0. The molecule has 102 valence electrons. The van der Waals surface area contributed by atoms with E-state index in [1.54, 1.807) is 6.92 Å². The molecule has 0 N–H and O–H groups in total. The van der Waals surface area contributed by atoms with E-state index in [1.807, 2.05) is 36.6 Å². The van der Waals surface area contributed by atoms with Gasteiger partial charge in [0.15, 0.2) is 0 Å². The largest absolute Gasteiger partial charge is 0.464 e. The van der Waals surface area contributed by atoms with Crippen LogP contribution in [0.25, 0.3) is 11.0 Å². The molecule has 0 spiro atoms. The van der Waals surface area contributed by atoms with Crippen molar-refractivity contribution in [1.29, 1.82) is 0 Å². The lowest BCUT2D eigenvalue weighted by Gasteiger charge is -2.16. The quantitative estimate of drug-likeness (QED) is 0.638. The lowest BCUT2D eigenvalue weighted by molar-refractivity contribution is -0.146. The number of hydrogen-bond donors (Lipinski definition) is 0. The van der Waals surface area contributed by atoms with Gasteiger partial charge in [-0.25, -0.2) is 9.78 Å². The van der Waals surface area contributed by atoms with E-state index in [1.165, 1.54) is 0 Å². The number of carbonyl (C=O) groups is 1. The highest BCUT2D eigenvalue weighted by molar-refractivity contribution is 6.17. The molecule has 4 nitrogen and oxygen atoms in total. The van der Waals surface area contributed by atoms with Gasteiger partial charge < -0.3 is 9.30 Å². The molecular formula is C14H17ClN2O2. The van der Waals surface area contributed by atoms with E-state index in [0.29, 0.717) is 12.4 Å². The number of alkyl halides is 1. The van der Waals surface area contributed by atoms with Gasteiger partial charge in [-0.15, -0.1) is 11.6 Å². The van der Waals surface area contributed by atoms with Crippen molar-refractivity contribution in [3.63, 3.8) is 0 Å². The summed E-state index contributed by atoms with van der Waals surface area (Å²) in [5.74, 6) is 0.681. The summed E-state index contributed by atoms with van der Waals surface area (Å²) < 4.78 is 6.96. The van der Waals surface area contributed by atoms with E-state index in [4.69, 9.17) is 16.3 Å². The number of carbonyl (C=O) groups excluding carboxylic acids is 1. The number of esters is 1. The third-order valence-corrected chi connectivity index (χ3v) is 3.36. The minimum Gasteiger partial charge on any atom is -0.464 e. The van der Waals surface area contributed by atoms with Gasteiger partial charge in [-0.2, -0.15) is 0 Å². The zero-order valence-electron chi connectivity index (χ0n) is 11.3. The van der Waals surface area contributed by atoms with Crippen molar-refractivity contribution in [2.75, 3.05) is 6.61 Å². The van der Waals surface area contributed by atoms with Gasteiger partial charge >= 0.3 is 5.97 Å². The average molecular weight is 281 g/mol. The van der Waals surface area contributed by atoms with Crippen LogP contribution in [0.5, 0.6) is 0 Å². The third-order valence-electron chi connectivity index (χ3n) is 3.12. The molecule has 0 fully saturated rings. The first kappa shape index (κ1) is 13.9. The maximum absolute atomic E-state index is 12.0. The SMILES string of the molecule is CCOC(=O)C(C)n1c(CCl)nc2cccc(C)c21. The second-order valence-electron chi connectivity index (χ2n) is 4.40. The number of hydrogen-bond acceptors (Lipinski definition) is 3. The number of benzene rings is 1. The Bertz CT molecular complexity index is 607. The number of fused-ring (bicyclic) bond motifs is 1. The summed E-state index contributed by atoms with van der Waals surface area (Å²) in [6, 6.07) is 5.44. The minimum absolute atomic E-state index is 0.262.